The first kappa shape index (κ1) is 16.5. The van der Waals surface area contributed by atoms with Crippen LogP contribution in [0.1, 0.15) is 28.1 Å². The summed E-state index contributed by atoms with van der Waals surface area (Å²) in [4.78, 5) is 11.5. The van der Waals surface area contributed by atoms with Crippen molar-refractivity contribution < 1.29 is 0 Å². The van der Waals surface area contributed by atoms with E-state index >= 15 is 0 Å². The molecule has 0 aliphatic carbocycles. The lowest BCUT2D eigenvalue weighted by Crippen LogP contribution is -2.42. The van der Waals surface area contributed by atoms with Gasteiger partial charge in [0, 0.05) is 35.0 Å². The molecule has 2 aromatic heterocycles. The van der Waals surface area contributed by atoms with Crippen molar-refractivity contribution in [2.45, 2.75) is 39.8 Å². The van der Waals surface area contributed by atoms with Crippen molar-refractivity contribution in [3.63, 3.8) is 0 Å². The molecule has 0 radical (unpaired) electrons. The average molecular weight is 316 g/mol. The fraction of sp³-hybridized carbons (Fsp3) is 0.412. The molecule has 0 aliphatic heterocycles. The Morgan fingerprint density at radius 2 is 2.09 bits per heavy atom. The van der Waals surface area contributed by atoms with Crippen LogP contribution in [-0.4, -0.2) is 24.0 Å². The van der Waals surface area contributed by atoms with Crippen molar-refractivity contribution in [1.82, 2.24) is 15.6 Å². The molecular weight excluding hydrogens is 292 g/mol. The van der Waals surface area contributed by atoms with Crippen LogP contribution in [0.3, 0.4) is 0 Å². The summed E-state index contributed by atoms with van der Waals surface area (Å²) < 4.78 is 0. The number of thiophene rings is 1. The number of nitrogens with zero attached hydrogens (tertiary/aromatic N) is 2. The van der Waals surface area contributed by atoms with Crippen LogP contribution in [0.25, 0.3) is 0 Å². The van der Waals surface area contributed by atoms with E-state index in [1.165, 1.54) is 9.75 Å². The van der Waals surface area contributed by atoms with E-state index in [1.54, 1.807) is 7.05 Å². The molecule has 5 heteroatoms. The van der Waals surface area contributed by atoms with Gasteiger partial charge in [-0.25, -0.2) is 0 Å². The summed E-state index contributed by atoms with van der Waals surface area (Å²) in [5, 5.41) is 6.74. The highest BCUT2D eigenvalue weighted by molar-refractivity contribution is 7.11. The van der Waals surface area contributed by atoms with Crippen molar-refractivity contribution in [3.8, 4) is 0 Å². The summed E-state index contributed by atoms with van der Waals surface area (Å²) in [5.41, 5.74) is 2.05. The number of aliphatic imine (C=N–C) groups is 1. The van der Waals surface area contributed by atoms with Crippen molar-refractivity contribution >= 4 is 17.3 Å². The van der Waals surface area contributed by atoms with Crippen LogP contribution in [0.2, 0.25) is 0 Å². The van der Waals surface area contributed by atoms with E-state index in [-0.39, 0.29) is 0 Å². The minimum atomic E-state index is 0.328. The van der Waals surface area contributed by atoms with E-state index in [0.29, 0.717) is 12.6 Å². The largest absolute Gasteiger partial charge is 0.354 e. The van der Waals surface area contributed by atoms with Gasteiger partial charge in [0.1, 0.15) is 0 Å². The van der Waals surface area contributed by atoms with Crippen molar-refractivity contribution in [2.24, 2.45) is 4.99 Å². The molecular formula is C17H24N4S. The second kappa shape index (κ2) is 7.94. The van der Waals surface area contributed by atoms with Gasteiger partial charge in [-0.05, 0) is 45.0 Å². The molecule has 0 saturated heterocycles. The second-order valence-electron chi connectivity index (χ2n) is 5.46. The Bertz CT molecular complexity index is 633. The Kier molecular flexibility index (Phi) is 5.95. The van der Waals surface area contributed by atoms with Gasteiger partial charge in [0.05, 0.1) is 12.2 Å². The standard InChI is InChI=1S/C17H24N4S/c1-12-6-5-7-15(20-12)11-19-17(18-4)21-13(2)10-16-9-8-14(3)22-16/h5-9,13H,10-11H2,1-4H3,(H2,18,19,21). The van der Waals surface area contributed by atoms with Gasteiger partial charge in [0.15, 0.2) is 5.96 Å². The summed E-state index contributed by atoms with van der Waals surface area (Å²) in [6.45, 7) is 6.99. The molecule has 4 nitrogen and oxygen atoms in total. The Hall–Kier alpha value is -1.88. The normalized spacial score (nSPS) is 13.0. The number of aryl methyl sites for hydroxylation is 2. The predicted octanol–water partition coefficient (Wildman–Crippen LogP) is 3.06. The Balaban J connectivity index is 1.84. The number of nitrogens with one attached hydrogen (secondary N) is 2. The molecule has 118 valence electrons. The van der Waals surface area contributed by atoms with Crippen LogP contribution >= 0.6 is 11.3 Å². The van der Waals surface area contributed by atoms with E-state index in [2.05, 4.69) is 46.6 Å². The number of guanidine groups is 1. The highest BCUT2D eigenvalue weighted by Gasteiger charge is 2.08. The van der Waals surface area contributed by atoms with E-state index in [4.69, 9.17) is 0 Å². The molecule has 0 amide bonds. The maximum absolute atomic E-state index is 4.49. The summed E-state index contributed by atoms with van der Waals surface area (Å²) in [5.74, 6) is 0.809. The van der Waals surface area contributed by atoms with Gasteiger partial charge in [-0.1, -0.05) is 6.07 Å². The first-order valence-corrected chi connectivity index (χ1v) is 8.33. The molecule has 1 atom stereocenters. The third-order valence-electron chi connectivity index (χ3n) is 3.29. The lowest BCUT2D eigenvalue weighted by atomic mass is 10.2. The first-order chi connectivity index (χ1) is 10.6. The Morgan fingerprint density at radius 1 is 1.27 bits per heavy atom. The molecule has 0 spiro atoms. The van der Waals surface area contributed by atoms with Gasteiger partial charge < -0.3 is 10.6 Å². The predicted molar refractivity (Wildman–Crippen MR) is 94.5 cm³/mol. The summed E-state index contributed by atoms with van der Waals surface area (Å²) in [6, 6.07) is 10.7. The maximum atomic E-state index is 4.49. The van der Waals surface area contributed by atoms with Crippen molar-refractivity contribution in [3.05, 3.63) is 51.5 Å². The van der Waals surface area contributed by atoms with E-state index in [9.17, 15) is 0 Å². The van der Waals surface area contributed by atoms with E-state index in [1.807, 2.05) is 36.5 Å². The fourth-order valence-corrected chi connectivity index (χ4v) is 3.27. The number of pyridine rings is 1. The summed E-state index contributed by atoms with van der Waals surface area (Å²) >= 11 is 1.85. The Morgan fingerprint density at radius 3 is 2.73 bits per heavy atom. The molecule has 0 fully saturated rings. The van der Waals surface area contributed by atoms with Gasteiger partial charge >= 0.3 is 0 Å². The van der Waals surface area contributed by atoms with Crippen molar-refractivity contribution in [1.29, 1.82) is 0 Å². The van der Waals surface area contributed by atoms with Crippen LogP contribution in [0.4, 0.5) is 0 Å². The molecule has 2 N–H and O–H groups in total. The lowest BCUT2D eigenvalue weighted by Gasteiger charge is -2.17. The van der Waals surface area contributed by atoms with Crippen LogP contribution in [0.15, 0.2) is 35.3 Å². The summed E-state index contributed by atoms with van der Waals surface area (Å²) in [6.07, 6.45) is 1.00. The Labute approximate surface area is 136 Å². The molecule has 2 heterocycles. The smallest absolute Gasteiger partial charge is 0.191 e. The zero-order valence-electron chi connectivity index (χ0n) is 13.7. The number of aromatic nitrogens is 1. The third-order valence-corrected chi connectivity index (χ3v) is 4.32. The van der Waals surface area contributed by atoms with Crippen LogP contribution in [-0.2, 0) is 13.0 Å². The average Bonchev–Trinajstić information content (AvgIpc) is 2.88. The van der Waals surface area contributed by atoms with Gasteiger partial charge in [0.25, 0.3) is 0 Å². The molecule has 2 aromatic rings. The molecule has 1 unspecified atom stereocenters. The van der Waals surface area contributed by atoms with Gasteiger partial charge in [-0.15, -0.1) is 11.3 Å². The number of rotatable bonds is 5. The highest BCUT2D eigenvalue weighted by Crippen LogP contribution is 2.16. The van der Waals surface area contributed by atoms with Crippen LogP contribution < -0.4 is 10.6 Å². The molecule has 0 aromatic carbocycles. The first-order valence-electron chi connectivity index (χ1n) is 7.52. The third kappa shape index (κ3) is 5.15. The zero-order valence-corrected chi connectivity index (χ0v) is 14.5. The minimum Gasteiger partial charge on any atom is -0.354 e. The molecule has 22 heavy (non-hydrogen) atoms. The second-order valence-corrected chi connectivity index (χ2v) is 6.83. The molecule has 0 bridgehead atoms. The molecule has 0 aliphatic rings. The summed E-state index contributed by atoms with van der Waals surface area (Å²) in [7, 11) is 1.79. The molecule has 0 saturated carbocycles. The maximum Gasteiger partial charge on any atom is 0.191 e. The van der Waals surface area contributed by atoms with E-state index in [0.717, 1.165) is 23.8 Å². The number of hydrogen-bond acceptors (Lipinski definition) is 3. The van der Waals surface area contributed by atoms with Gasteiger partial charge in [0.2, 0.25) is 0 Å². The fourth-order valence-electron chi connectivity index (χ4n) is 2.25. The van der Waals surface area contributed by atoms with Gasteiger partial charge in [-0.3, -0.25) is 9.98 Å². The minimum absolute atomic E-state index is 0.328. The van der Waals surface area contributed by atoms with E-state index < -0.39 is 0 Å². The topological polar surface area (TPSA) is 49.3 Å². The number of hydrogen-bond donors (Lipinski definition) is 2. The van der Waals surface area contributed by atoms with Gasteiger partial charge in [-0.2, -0.15) is 0 Å². The van der Waals surface area contributed by atoms with Crippen LogP contribution in [0, 0.1) is 13.8 Å². The van der Waals surface area contributed by atoms with Crippen LogP contribution in [0.5, 0.6) is 0 Å². The SMILES string of the molecule is CN=C(NCc1cccc(C)n1)NC(C)Cc1ccc(C)s1. The molecule has 2 rings (SSSR count). The monoisotopic (exact) mass is 316 g/mol. The lowest BCUT2D eigenvalue weighted by molar-refractivity contribution is 0.643. The zero-order chi connectivity index (χ0) is 15.9. The highest BCUT2D eigenvalue weighted by atomic mass is 32.1. The van der Waals surface area contributed by atoms with Crippen molar-refractivity contribution in [2.75, 3.05) is 7.05 Å². The quantitative estimate of drug-likeness (QED) is 0.658.